The number of benzene rings is 3. The second-order valence-corrected chi connectivity index (χ2v) is 10.7. The molecule has 1 N–H and O–H groups in total. The van der Waals surface area contributed by atoms with Gasteiger partial charge in [0.2, 0.25) is 11.8 Å². The molecule has 0 aromatic heterocycles. The van der Waals surface area contributed by atoms with Crippen LogP contribution in [0.25, 0.3) is 10.8 Å². The zero-order valence-corrected chi connectivity index (χ0v) is 22.2. The predicted molar refractivity (Wildman–Crippen MR) is 147 cm³/mol. The van der Waals surface area contributed by atoms with Crippen LogP contribution in [-0.2, 0) is 16.1 Å². The smallest absolute Gasteiger partial charge is 0.259 e. The van der Waals surface area contributed by atoms with Gasteiger partial charge < -0.3 is 10.2 Å². The first-order chi connectivity index (χ1) is 17.8. The highest BCUT2D eigenvalue weighted by Crippen LogP contribution is 2.37. The number of rotatable bonds is 7. The summed E-state index contributed by atoms with van der Waals surface area (Å²) < 4.78 is 0. The number of amides is 3. The maximum absolute atomic E-state index is 13.8. The Morgan fingerprint density at radius 1 is 1.05 bits per heavy atom. The largest absolute Gasteiger partial charge is 0.352 e. The number of carbonyl (C=O) groups is 3. The molecule has 1 saturated carbocycles. The Morgan fingerprint density at radius 3 is 2.51 bits per heavy atom. The predicted octanol–water partition coefficient (Wildman–Crippen LogP) is 5.97. The number of halogens is 2. The molecule has 3 aromatic carbocycles. The Hall–Kier alpha value is -3.09. The number of carbonyl (C=O) groups excluding carboxylic acids is 3. The Kier molecular flexibility index (Phi) is 7.40. The second kappa shape index (κ2) is 10.7. The second-order valence-electron chi connectivity index (χ2n) is 9.85. The fourth-order valence-corrected chi connectivity index (χ4v) is 5.82. The molecule has 192 valence electrons. The molecule has 2 aliphatic rings. The minimum absolute atomic E-state index is 0.118. The van der Waals surface area contributed by atoms with E-state index in [1.807, 2.05) is 30.3 Å². The van der Waals surface area contributed by atoms with Crippen molar-refractivity contribution in [1.82, 2.24) is 10.2 Å². The van der Waals surface area contributed by atoms with E-state index in [1.165, 1.54) is 16.2 Å². The number of anilines is 1. The van der Waals surface area contributed by atoms with Crippen molar-refractivity contribution in [2.75, 3.05) is 11.4 Å². The monoisotopic (exact) mass is 537 g/mol. The molecule has 5 rings (SSSR count). The third-order valence-corrected chi connectivity index (χ3v) is 8.00. The summed E-state index contributed by atoms with van der Waals surface area (Å²) >= 11 is 12.5. The van der Waals surface area contributed by atoms with Crippen LogP contribution in [0.3, 0.4) is 0 Å². The Balaban J connectivity index is 1.41. The van der Waals surface area contributed by atoms with Crippen LogP contribution in [0.1, 0.15) is 54.9 Å². The van der Waals surface area contributed by atoms with Gasteiger partial charge in [0.1, 0.15) is 12.6 Å². The van der Waals surface area contributed by atoms with E-state index in [4.69, 9.17) is 23.2 Å². The summed E-state index contributed by atoms with van der Waals surface area (Å²) in [5, 5.41) is 5.83. The van der Waals surface area contributed by atoms with E-state index in [1.54, 1.807) is 31.2 Å². The third-order valence-electron chi connectivity index (χ3n) is 7.42. The number of hydrogen-bond donors (Lipinski definition) is 1. The molecule has 3 amide bonds. The summed E-state index contributed by atoms with van der Waals surface area (Å²) in [4.78, 5) is 43.4. The van der Waals surface area contributed by atoms with E-state index >= 15 is 0 Å². The van der Waals surface area contributed by atoms with Gasteiger partial charge in [0, 0.05) is 33.6 Å². The lowest BCUT2D eigenvalue weighted by molar-refractivity contribution is -0.139. The Bertz CT molecular complexity index is 1360. The summed E-state index contributed by atoms with van der Waals surface area (Å²) in [7, 11) is 0. The van der Waals surface area contributed by atoms with E-state index in [0.717, 1.165) is 36.5 Å². The average Bonchev–Trinajstić information content (AvgIpc) is 3.16. The summed E-state index contributed by atoms with van der Waals surface area (Å²) in [5.41, 5.74) is 1.96. The first-order valence-corrected chi connectivity index (χ1v) is 13.5. The SMILES string of the molecule is C[C@H](C(=O)NC1CCCCC1)N(Cc1ccc(Cl)cc1Cl)C(=O)CN1C(=O)c2cccc3cccc1c23. The number of nitrogens with zero attached hydrogens (tertiary/aromatic N) is 2. The van der Waals surface area contributed by atoms with Crippen molar-refractivity contribution in [3.8, 4) is 0 Å². The van der Waals surface area contributed by atoms with Crippen molar-refractivity contribution in [2.45, 2.75) is 57.7 Å². The molecule has 6 nitrogen and oxygen atoms in total. The molecule has 1 atom stereocenters. The maximum atomic E-state index is 13.8. The van der Waals surface area contributed by atoms with Crippen molar-refractivity contribution in [3.05, 3.63) is 75.8 Å². The van der Waals surface area contributed by atoms with Gasteiger partial charge in [0.15, 0.2) is 0 Å². The maximum Gasteiger partial charge on any atom is 0.259 e. The van der Waals surface area contributed by atoms with E-state index in [0.29, 0.717) is 26.9 Å². The minimum atomic E-state index is -0.753. The molecule has 8 heteroatoms. The Morgan fingerprint density at radius 2 is 1.78 bits per heavy atom. The van der Waals surface area contributed by atoms with Crippen molar-refractivity contribution >= 4 is 57.4 Å². The van der Waals surface area contributed by atoms with Gasteiger partial charge in [0.05, 0.1) is 5.69 Å². The molecule has 0 saturated heterocycles. The quantitative estimate of drug-likeness (QED) is 0.403. The van der Waals surface area contributed by atoms with E-state index in [9.17, 15) is 14.4 Å². The highest BCUT2D eigenvalue weighted by molar-refractivity contribution is 6.35. The van der Waals surface area contributed by atoms with Crippen molar-refractivity contribution in [1.29, 1.82) is 0 Å². The van der Waals surface area contributed by atoms with Crippen LogP contribution >= 0.6 is 23.2 Å². The van der Waals surface area contributed by atoms with Crippen molar-refractivity contribution < 1.29 is 14.4 Å². The standard InChI is InChI=1S/C29H29Cl2N3O3/c1-18(28(36)32-22-9-3-2-4-10-22)33(16-20-13-14-21(30)15-24(20)31)26(35)17-34-25-12-6-8-19-7-5-11-23(27(19)25)29(34)37/h5-8,11-15,18,22H,2-4,9-10,16-17H2,1H3,(H,32,36)/t18-/m1/s1. The summed E-state index contributed by atoms with van der Waals surface area (Å²) in [6, 6.07) is 15.7. The van der Waals surface area contributed by atoms with Gasteiger partial charge in [-0.1, -0.05) is 72.8 Å². The van der Waals surface area contributed by atoms with Crippen LogP contribution < -0.4 is 10.2 Å². The van der Waals surface area contributed by atoms with Gasteiger partial charge in [0.25, 0.3) is 5.91 Å². The van der Waals surface area contributed by atoms with Crippen molar-refractivity contribution in [3.63, 3.8) is 0 Å². The van der Waals surface area contributed by atoms with Gasteiger partial charge in [-0.05, 0) is 55.0 Å². The fraction of sp³-hybridized carbons (Fsp3) is 0.345. The van der Waals surface area contributed by atoms with Crippen LogP contribution in [0, 0.1) is 0 Å². The fourth-order valence-electron chi connectivity index (χ4n) is 5.35. The molecule has 0 unspecified atom stereocenters. The summed E-state index contributed by atoms with van der Waals surface area (Å²) in [6.07, 6.45) is 5.25. The van der Waals surface area contributed by atoms with Gasteiger partial charge in [-0.2, -0.15) is 0 Å². The van der Waals surface area contributed by atoms with Crippen LogP contribution in [0.2, 0.25) is 10.0 Å². The highest BCUT2D eigenvalue weighted by Gasteiger charge is 2.35. The van der Waals surface area contributed by atoms with E-state index in [2.05, 4.69) is 5.32 Å². The van der Waals surface area contributed by atoms with Gasteiger partial charge >= 0.3 is 0 Å². The molecule has 0 radical (unpaired) electrons. The zero-order valence-electron chi connectivity index (χ0n) is 20.7. The Labute approximate surface area is 226 Å². The molecular weight excluding hydrogens is 509 g/mol. The van der Waals surface area contributed by atoms with Crippen LogP contribution in [0.4, 0.5) is 5.69 Å². The normalized spacial score (nSPS) is 16.2. The van der Waals surface area contributed by atoms with Crippen LogP contribution in [0.5, 0.6) is 0 Å². The lowest BCUT2D eigenvalue weighted by Gasteiger charge is -2.32. The van der Waals surface area contributed by atoms with Gasteiger partial charge in [-0.15, -0.1) is 0 Å². The topological polar surface area (TPSA) is 69.7 Å². The molecular formula is C29H29Cl2N3O3. The summed E-state index contributed by atoms with van der Waals surface area (Å²) in [6.45, 7) is 1.66. The van der Waals surface area contributed by atoms with Crippen molar-refractivity contribution in [2.24, 2.45) is 0 Å². The number of nitrogens with one attached hydrogen (secondary N) is 1. The lowest BCUT2D eigenvalue weighted by Crippen LogP contribution is -2.52. The molecule has 0 bridgehead atoms. The van der Waals surface area contributed by atoms with Crippen LogP contribution in [-0.4, -0.2) is 41.2 Å². The highest BCUT2D eigenvalue weighted by atomic mass is 35.5. The summed E-state index contributed by atoms with van der Waals surface area (Å²) in [5.74, 6) is -0.761. The minimum Gasteiger partial charge on any atom is -0.352 e. The third kappa shape index (κ3) is 5.18. The van der Waals surface area contributed by atoms with Gasteiger partial charge in [-0.3, -0.25) is 19.3 Å². The lowest BCUT2D eigenvalue weighted by atomic mass is 9.95. The van der Waals surface area contributed by atoms with Gasteiger partial charge in [-0.25, -0.2) is 0 Å². The van der Waals surface area contributed by atoms with Crippen LogP contribution in [0.15, 0.2) is 54.6 Å². The zero-order chi connectivity index (χ0) is 26.1. The molecule has 1 fully saturated rings. The molecule has 1 aliphatic heterocycles. The molecule has 3 aromatic rings. The van der Waals surface area contributed by atoms with E-state index in [-0.39, 0.29) is 36.9 Å². The van der Waals surface area contributed by atoms with E-state index < -0.39 is 6.04 Å². The molecule has 37 heavy (non-hydrogen) atoms. The number of hydrogen-bond acceptors (Lipinski definition) is 3. The average molecular weight is 538 g/mol. The molecule has 1 heterocycles. The molecule has 0 spiro atoms. The molecule has 1 aliphatic carbocycles. The first-order valence-electron chi connectivity index (χ1n) is 12.7. The first kappa shape index (κ1) is 25.6.